The average Bonchev–Trinajstić information content (AvgIpc) is 2.42. The number of thioether (sulfide) groups is 1. The van der Waals surface area contributed by atoms with E-state index in [2.05, 4.69) is 42.8 Å². The standard InChI is InChI=1S/C16H19NOS/c1-11-10-14(18)6-9-16(11)17-12(2)13-4-7-15(19-3)8-5-13/h4-10,12,17-18H,1-3H3. The summed E-state index contributed by atoms with van der Waals surface area (Å²) in [5.41, 5.74) is 3.36. The monoisotopic (exact) mass is 273 g/mol. The molecule has 2 N–H and O–H groups in total. The predicted molar refractivity (Wildman–Crippen MR) is 83.1 cm³/mol. The zero-order valence-corrected chi connectivity index (χ0v) is 12.3. The maximum absolute atomic E-state index is 9.42. The van der Waals surface area contributed by atoms with Gasteiger partial charge in [-0.05, 0) is 61.6 Å². The molecule has 0 aliphatic rings. The summed E-state index contributed by atoms with van der Waals surface area (Å²) in [6.45, 7) is 4.13. The van der Waals surface area contributed by atoms with Crippen molar-refractivity contribution in [3.63, 3.8) is 0 Å². The number of anilines is 1. The number of rotatable bonds is 4. The Hall–Kier alpha value is -1.61. The molecule has 2 aromatic carbocycles. The van der Waals surface area contributed by atoms with Gasteiger partial charge < -0.3 is 10.4 Å². The van der Waals surface area contributed by atoms with Gasteiger partial charge in [-0.3, -0.25) is 0 Å². The van der Waals surface area contributed by atoms with Gasteiger partial charge in [-0.15, -0.1) is 11.8 Å². The fourth-order valence-corrected chi connectivity index (χ4v) is 2.43. The molecule has 1 atom stereocenters. The maximum atomic E-state index is 9.42. The molecule has 0 fully saturated rings. The van der Waals surface area contributed by atoms with Crippen LogP contribution in [0.3, 0.4) is 0 Å². The first-order chi connectivity index (χ1) is 9.10. The highest BCUT2D eigenvalue weighted by Crippen LogP contribution is 2.26. The summed E-state index contributed by atoms with van der Waals surface area (Å²) in [5, 5.41) is 12.9. The first-order valence-electron chi connectivity index (χ1n) is 6.30. The van der Waals surface area contributed by atoms with Crippen molar-refractivity contribution < 1.29 is 5.11 Å². The number of nitrogens with one attached hydrogen (secondary N) is 1. The molecule has 19 heavy (non-hydrogen) atoms. The molecule has 0 saturated carbocycles. The second kappa shape index (κ2) is 6.02. The van der Waals surface area contributed by atoms with Crippen LogP contribution in [0.2, 0.25) is 0 Å². The van der Waals surface area contributed by atoms with E-state index >= 15 is 0 Å². The van der Waals surface area contributed by atoms with Crippen LogP contribution in [0.4, 0.5) is 5.69 Å². The van der Waals surface area contributed by atoms with Crippen LogP contribution in [0.15, 0.2) is 47.4 Å². The molecule has 3 heteroatoms. The summed E-state index contributed by atoms with van der Waals surface area (Å²) in [4.78, 5) is 1.27. The Labute approximate surface area is 118 Å². The van der Waals surface area contributed by atoms with Gasteiger partial charge in [0.25, 0.3) is 0 Å². The molecule has 0 spiro atoms. The molecule has 0 saturated heterocycles. The molecule has 2 nitrogen and oxygen atoms in total. The minimum atomic E-state index is 0.235. The molecule has 2 rings (SSSR count). The lowest BCUT2D eigenvalue weighted by Crippen LogP contribution is -2.07. The highest BCUT2D eigenvalue weighted by Gasteiger charge is 2.07. The van der Waals surface area contributed by atoms with Gasteiger partial charge in [0, 0.05) is 16.6 Å². The van der Waals surface area contributed by atoms with Gasteiger partial charge in [0.05, 0.1) is 0 Å². The minimum Gasteiger partial charge on any atom is -0.508 e. The number of aromatic hydroxyl groups is 1. The minimum absolute atomic E-state index is 0.235. The van der Waals surface area contributed by atoms with Crippen molar-refractivity contribution >= 4 is 17.4 Å². The average molecular weight is 273 g/mol. The van der Waals surface area contributed by atoms with E-state index in [-0.39, 0.29) is 6.04 Å². The van der Waals surface area contributed by atoms with E-state index in [0.717, 1.165) is 11.3 Å². The van der Waals surface area contributed by atoms with E-state index in [0.29, 0.717) is 5.75 Å². The smallest absolute Gasteiger partial charge is 0.115 e. The van der Waals surface area contributed by atoms with Crippen LogP contribution in [0, 0.1) is 6.92 Å². The van der Waals surface area contributed by atoms with E-state index in [9.17, 15) is 5.11 Å². The Morgan fingerprint density at radius 1 is 1.11 bits per heavy atom. The van der Waals surface area contributed by atoms with E-state index in [4.69, 9.17) is 0 Å². The molecular formula is C16H19NOS. The lowest BCUT2D eigenvalue weighted by atomic mass is 10.1. The first kappa shape index (κ1) is 13.8. The van der Waals surface area contributed by atoms with Gasteiger partial charge in [0.1, 0.15) is 5.75 Å². The fraction of sp³-hybridized carbons (Fsp3) is 0.250. The van der Waals surface area contributed by atoms with E-state index < -0.39 is 0 Å². The largest absolute Gasteiger partial charge is 0.508 e. The van der Waals surface area contributed by atoms with Crippen molar-refractivity contribution in [3.8, 4) is 5.75 Å². The highest BCUT2D eigenvalue weighted by molar-refractivity contribution is 7.98. The van der Waals surface area contributed by atoms with Crippen LogP contribution in [0.25, 0.3) is 0 Å². The molecule has 1 unspecified atom stereocenters. The molecule has 0 aromatic heterocycles. The SMILES string of the molecule is CSc1ccc(C(C)Nc2ccc(O)cc2C)cc1. The summed E-state index contributed by atoms with van der Waals surface area (Å²) < 4.78 is 0. The van der Waals surface area contributed by atoms with Crippen LogP contribution in [-0.4, -0.2) is 11.4 Å². The third-order valence-corrected chi connectivity index (χ3v) is 3.94. The number of phenols is 1. The molecule has 0 heterocycles. The van der Waals surface area contributed by atoms with Gasteiger partial charge in [0.2, 0.25) is 0 Å². The van der Waals surface area contributed by atoms with E-state index in [1.165, 1.54) is 10.5 Å². The highest BCUT2D eigenvalue weighted by atomic mass is 32.2. The molecular weight excluding hydrogens is 254 g/mol. The van der Waals surface area contributed by atoms with Crippen molar-refractivity contribution in [1.29, 1.82) is 0 Å². The van der Waals surface area contributed by atoms with E-state index in [1.807, 2.05) is 13.0 Å². The maximum Gasteiger partial charge on any atom is 0.115 e. The zero-order chi connectivity index (χ0) is 13.8. The Balaban J connectivity index is 2.13. The van der Waals surface area contributed by atoms with Gasteiger partial charge in [-0.2, -0.15) is 0 Å². The lowest BCUT2D eigenvalue weighted by molar-refractivity contribution is 0.475. The number of aryl methyl sites for hydroxylation is 1. The van der Waals surface area contributed by atoms with Gasteiger partial charge in [0.15, 0.2) is 0 Å². The van der Waals surface area contributed by atoms with E-state index in [1.54, 1.807) is 23.9 Å². The number of phenolic OH excluding ortho intramolecular Hbond substituents is 1. The first-order valence-corrected chi connectivity index (χ1v) is 7.52. The summed E-state index contributed by atoms with van der Waals surface area (Å²) >= 11 is 1.75. The van der Waals surface area contributed by atoms with Crippen molar-refractivity contribution in [1.82, 2.24) is 0 Å². The van der Waals surface area contributed by atoms with Gasteiger partial charge in [-0.1, -0.05) is 12.1 Å². The third kappa shape index (κ3) is 3.44. The van der Waals surface area contributed by atoms with Gasteiger partial charge >= 0.3 is 0 Å². The molecule has 2 aromatic rings. The summed E-state index contributed by atoms with van der Waals surface area (Å²) in [6, 6.07) is 14.2. The topological polar surface area (TPSA) is 32.3 Å². The summed E-state index contributed by atoms with van der Waals surface area (Å²) in [6.07, 6.45) is 2.08. The lowest BCUT2D eigenvalue weighted by Gasteiger charge is -2.18. The molecule has 100 valence electrons. The van der Waals surface area contributed by atoms with Crippen LogP contribution in [0.5, 0.6) is 5.75 Å². The molecule has 0 aliphatic heterocycles. The van der Waals surface area contributed by atoms with Crippen LogP contribution < -0.4 is 5.32 Å². The fourth-order valence-electron chi connectivity index (χ4n) is 2.02. The Kier molecular flexibility index (Phi) is 4.38. The van der Waals surface area contributed by atoms with Crippen LogP contribution >= 0.6 is 11.8 Å². The molecule has 0 radical (unpaired) electrons. The Morgan fingerprint density at radius 2 is 1.79 bits per heavy atom. The summed E-state index contributed by atoms with van der Waals surface area (Å²) in [5.74, 6) is 0.306. The zero-order valence-electron chi connectivity index (χ0n) is 11.5. The second-order valence-electron chi connectivity index (χ2n) is 4.64. The second-order valence-corrected chi connectivity index (χ2v) is 5.52. The summed E-state index contributed by atoms with van der Waals surface area (Å²) in [7, 11) is 0. The number of benzene rings is 2. The van der Waals surface area contributed by atoms with Crippen molar-refractivity contribution in [2.45, 2.75) is 24.8 Å². The third-order valence-electron chi connectivity index (χ3n) is 3.20. The Morgan fingerprint density at radius 3 is 2.37 bits per heavy atom. The quantitative estimate of drug-likeness (QED) is 0.631. The number of hydrogen-bond acceptors (Lipinski definition) is 3. The predicted octanol–water partition coefficient (Wildman–Crippen LogP) is 4.60. The van der Waals surface area contributed by atoms with Crippen molar-refractivity contribution in [2.75, 3.05) is 11.6 Å². The Bertz CT molecular complexity index is 551. The van der Waals surface area contributed by atoms with Gasteiger partial charge in [-0.25, -0.2) is 0 Å². The van der Waals surface area contributed by atoms with Crippen molar-refractivity contribution in [2.24, 2.45) is 0 Å². The molecule has 0 amide bonds. The van der Waals surface area contributed by atoms with Crippen LogP contribution in [-0.2, 0) is 0 Å². The molecule has 0 aliphatic carbocycles. The molecule has 0 bridgehead atoms. The van der Waals surface area contributed by atoms with Crippen molar-refractivity contribution in [3.05, 3.63) is 53.6 Å². The normalized spacial score (nSPS) is 12.2. The number of hydrogen-bond donors (Lipinski definition) is 2. The van der Waals surface area contributed by atoms with Crippen LogP contribution in [0.1, 0.15) is 24.1 Å².